The van der Waals surface area contributed by atoms with Crippen LogP contribution in [0.3, 0.4) is 0 Å². The minimum Gasteiger partial charge on any atom is -0.351 e. The van der Waals surface area contributed by atoms with Crippen molar-refractivity contribution < 1.29 is 4.79 Å². The number of hydrogen-bond donors (Lipinski definition) is 1. The van der Waals surface area contributed by atoms with E-state index in [1.165, 1.54) is 0 Å². The average Bonchev–Trinajstić information content (AvgIpc) is 2.94. The fraction of sp³-hybridized carbons (Fsp3) is 0.300. The summed E-state index contributed by atoms with van der Waals surface area (Å²) in [6.07, 6.45) is 3.82. The number of nitrogens with one attached hydrogen (secondary N) is 1. The average molecular weight is 386 g/mol. The fourth-order valence-electron chi connectivity index (χ4n) is 3.80. The molecule has 2 heterocycles. The van der Waals surface area contributed by atoms with Gasteiger partial charge < -0.3 is 10.2 Å². The third-order valence-electron chi connectivity index (χ3n) is 5.16. The van der Waals surface area contributed by atoms with Gasteiger partial charge in [0.2, 0.25) is 0 Å². The maximum absolute atomic E-state index is 12.3. The number of carbonyl (C=O) groups excluding carboxylic acids is 1. The van der Waals surface area contributed by atoms with Crippen LogP contribution >= 0.6 is 23.4 Å². The predicted octanol–water partition coefficient (Wildman–Crippen LogP) is 4.43. The van der Waals surface area contributed by atoms with Crippen LogP contribution in [0.5, 0.6) is 0 Å². The molecule has 0 unspecified atom stereocenters. The second-order valence-corrected chi connectivity index (χ2v) is 7.85. The van der Waals surface area contributed by atoms with Crippen molar-refractivity contribution in [1.82, 2.24) is 10.2 Å². The number of thioether (sulfide) groups is 1. The molecule has 0 aromatic heterocycles. The van der Waals surface area contributed by atoms with Crippen LogP contribution in [0.15, 0.2) is 53.5 Å². The molecule has 4 nitrogen and oxygen atoms in total. The number of rotatable bonds is 1. The van der Waals surface area contributed by atoms with Crippen molar-refractivity contribution in [2.45, 2.75) is 18.4 Å². The van der Waals surface area contributed by atoms with Gasteiger partial charge in [-0.2, -0.15) is 0 Å². The van der Waals surface area contributed by atoms with Gasteiger partial charge in [0.15, 0.2) is 5.17 Å². The van der Waals surface area contributed by atoms with Crippen LogP contribution in [-0.4, -0.2) is 35.3 Å². The molecule has 134 valence electrons. The molecule has 2 aliphatic rings. The van der Waals surface area contributed by atoms with Crippen molar-refractivity contribution >= 4 is 40.1 Å². The van der Waals surface area contributed by atoms with Gasteiger partial charge in [0, 0.05) is 23.7 Å². The van der Waals surface area contributed by atoms with E-state index in [-0.39, 0.29) is 11.4 Å². The summed E-state index contributed by atoms with van der Waals surface area (Å²) in [6, 6.07) is 15.5. The zero-order valence-electron chi connectivity index (χ0n) is 14.5. The smallest absolute Gasteiger partial charge is 0.252 e. The Kier molecular flexibility index (Phi) is 4.67. The molecule has 0 radical (unpaired) electrons. The topological polar surface area (TPSA) is 44.7 Å². The van der Waals surface area contributed by atoms with Crippen molar-refractivity contribution in [2.75, 3.05) is 19.3 Å². The van der Waals surface area contributed by atoms with Gasteiger partial charge in [0.05, 0.1) is 11.2 Å². The number of carbonyl (C=O) groups is 1. The number of fused-ring (bicyclic) bond motifs is 2. The normalized spacial score (nSPS) is 18.8. The number of piperidine rings is 1. The largest absolute Gasteiger partial charge is 0.351 e. The molecule has 26 heavy (non-hydrogen) atoms. The Hall–Kier alpha value is -1.98. The number of nitrogens with zero attached hydrogens (tertiary/aromatic N) is 2. The van der Waals surface area contributed by atoms with Crippen LogP contribution in [0.1, 0.15) is 28.8 Å². The summed E-state index contributed by atoms with van der Waals surface area (Å²) in [7, 11) is 0. The number of amidine groups is 1. The van der Waals surface area contributed by atoms with Crippen molar-refractivity contribution in [2.24, 2.45) is 4.99 Å². The summed E-state index contributed by atoms with van der Waals surface area (Å²) in [5.74, 6) is 0.0500. The summed E-state index contributed by atoms with van der Waals surface area (Å²) in [5.41, 5.74) is 2.64. The van der Waals surface area contributed by atoms with Crippen LogP contribution in [0.2, 0.25) is 5.02 Å². The highest BCUT2D eigenvalue weighted by atomic mass is 35.5. The van der Waals surface area contributed by atoms with Crippen LogP contribution in [-0.2, 0) is 5.54 Å². The van der Waals surface area contributed by atoms with Crippen LogP contribution in [0.25, 0.3) is 0 Å². The molecule has 1 spiro atoms. The van der Waals surface area contributed by atoms with E-state index < -0.39 is 0 Å². The molecule has 1 amide bonds. The Labute approximate surface area is 162 Å². The van der Waals surface area contributed by atoms with E-state index in [1.54, 1.807) is 11.8 Å². The first-order valence-electron chi connectivity index (χ1n) is 8.66. The molecule has 1 N–H and O–H groups in total. The van der Waals surface area contributed by atoms with Gasteiger partial charge in [-0.25, -0.2) is 4.99 Å². The summed E-state index contributed by atoms with van der Waals surface area (Å²) in [5, 5.41) is 4.95. The molecule has 0 bridgehead atoms. The number of aliphatic imine (C=N–C) groups is 1. The highest BCUT2D eigenvalue weighted by Crippen LogP contribution is 2.39. The molecule has 2 aromatic rings. The number of likely N-dealkylation sites (tertiary alicyclic amines) is 1. The SMILES string of the molecule is CSC(=Nc1ccc(Cl)cc1)N1CCC2(CC1)NC(=O)c1ccccc12. The van der Waals surface area contributed by atoms with Crippen molar-refractivity contribution in [1.29, 1.82) is 0 Å². The number of hydrogen-bond acceptors (Lipinski definition) is 3. The maximum atomic E-state index is 12.3. The molecule has 0 atom stereocenters. The van der Waals surface area contributed by atoms with Gasteiger partial charge in [-0.1, -0.05) is 41.6 Å². The van der Waals surface area contributed by atoms with Gasteiger partial charge in [-0.3, -0.25) is 4.79 Å². The Morgan fingerprint density at radius 1 is 1.15 bits per heavy atom. The monoisotopic (exact) mass is 385 g/mol. The molecular formula is C20H20ClN3OS. The van der Waals surface area contributed by atoms with Crippen LogP contribution in [0, 0.1) is 0 Å². The second kappa shape index (κ2) is 6.97. The number of halogens is 1. The molecule has 6 heteroatoms. The molecule has 2 aromatic carbocycles. The minimum absolute atomic E-state index is 0.0500. The van der Waals surface area contributed by atoms with Crippen LogP contribution < -0.4 is 5.32 Å². The summed E-state index contributed by atoms with van der Waals surface area (Å²) < 4.78 is 0. The van der Waals surface area contributed by atoms with E-state index in [0.717, 1.165) is 47.9 Å². The fourth-order valence-corrected chi connectivity index (χ4v) is 4.56. The summed E-state index contributed by atoms with van der Waals surface area (Å²) >= 11 is 7.60. The number of benzene rings is 2. The Morgan fingerprint density at radius 3 is 2.54 bits per heavy atom. The summed E-state index contributed by atoms with van der Waals surface area (Å²) in [4.78, 5) is 19.4. The van der Waals surface area contributed by atoms with Crippen LogP contribution in [0.4, 0.5) is 5.69 Å². The molecule has 2 aliphatic heterocycles. The van der Waals surface area contributed by atoms with E-state index >= 15 is 0 Å². The first-order chi connectivity index (χ1) is 12.6. The van der Waals surface area contributed by atoms with Gasteiger partial charge in [-0.05, 0) is 55.0 Å². The Balaban J connectivity index is 1.53. The molecule has 4 rings (SSSR count). The molecular weight excluding hydrogens is 366 g/mol. The quantitative estimate of drug-likeness (QED) is 0.583. The molecule has 0 saturated carbocycles. The van der Waals surface area contributed by atoms with Gasteiger partial charge >= 0.3 is 0 Å². The molecule has 1 fully saturated rings. The zero-order chi connectivity index (χ0) is 18.1. The van der Waals surface area contributed by atoms with E-state index in [1.807, 2.05) is 48.7 Å². The third-order valence-corrected chi connectivity index (χ3v) is 6.13. The standard InChI is InChI=1S/C20H20ClN3OS/c1-26-19(22-15-8-6-14(21)7-9-15)24-12-10-20(11-13-24)17-5-3-2-4-16(17)18(25)23-20/h2-9H,10-13H2,1H3,(H,23,25). The van der Waals surface area contributed by atoms with Gasteiger partial charge in [0.25, 0.3) is 5.91 Å². The summed E-state index contributed by atoms with van der Waals surface area (Å²) in [6.45, 7) is 1.73. The van der Waals surface area contributed by atoms with E-state index in [4.69, 9.17) is 16.6 Å². The van der Waals surface area contributed by atoms with E-state index in [9.17, 15) is 4.79 Å². The van der Waals surface area contributed by atoms with Gasteiger partial charge in [0.1, 0.15) is 0 Å². The predicted molar refractivity (Wildman–Crippen MR) is 108 cm³/mol. The number of amides is 1. The maximum Gasteiger partial charge on any atom is 0.252 e. The molecule has 1 saturated heterocycles. The highest BCUT2D eigenvalue weighted by molar-refractivity contribution is 8.13. The van der Waals surface area contributed by atoms with Crippen molar-refractivity contribution in [3.63, 3.8) is 0 Å². The van der Waals surface area contributed by atoms with Crippen molar-refractivity contribution in [3.8, 4) is 0 Å². The lowest BCUT2D eigenvalue weighted by molar-refractivity contribution is 0.0897. The first-order valence-corrected chi connectivity index (χ1v) is 10.3. The highest BCUT2D eigenvalue weighted by Gasteiger charge is 2.44. The lowest BCUT2D eigenvalue weighted by Gasteiger charge is -2.40. The third kappa shape index (κ3) is 3.10. The Morgan fingerprint density at radius 2 is 1.85 bits per heavy atom. The molecule has 0 aliphatic carbocycles. The second-order valence-electron chi connectivity index (χ2n) is 6.64. The van der Waals surface area contributed by atoms with Crippen molar-refractivity contribution in [3.05, 3.63) is 64.7 Å². The Bertz CT molecular complexity index is 858. The first kappa shape index (κ1) is 17.4. The van der Waals surface area contributed by atoms with Gasteiger partial charge in [-0.15, -0.1) is 0 Å². The zero-order valence-corrected chi connectivity index (χ0v) is 16.1. The van der Waals surface area contributed by atoms with E-state index in [2.05, 4.69) is 16.3 Å². The van der Waals surface area contributed by atoms with E-state index in [0.29, 0.717) is 5.02 Å². The lowest BCUT2D eigenvalue weighted by Crippen LogP contribution is -2.50. The lowest BCUT2D eigenvalue weighted by atomic mass is 9.82. The minimum atomic E-state index is -0.228.